The molecule has 2 aliphatic rings. The highest BCUT2D eigenvalue weighted by Gasteiger charge is 2.41. The first-order valence-electron chi connectivity index (χ1n) is 10.9. The molecule has 28 heavy (non-hydrogen) atoms. The van der Waals surface area contributed by atoms with E-state index in [-0.39, 0.29) is 0 Å². The Bertz CT molecular complexity index is 475. The third-order valence-electron chi connectivity index (χ3n) is 6.03. The Labute approximate surface area is 168 Å². The molecule has 5 nitrogen and oxygen atoms in total. The summed E-state index contributed by atoms with van der Waals surface area (Å²) in [6, 6.07) is -0.684. The van der Waals surface area contributed by atoms with Crippen LogP contribution in [0.3, 0.4) is 0 Å². The number of piperazine rings is 1. The van der Waals surface area contributed by atoms with Crippen molar-refractivity contribution in [1.82, 2.24) is 20.0 Å². The summed E-state index contributed by atoms with van der Waals surface area (Å²) in [7, 11) is 0. The van der Waals surface area contributed by atoms with E-state index >= 15 is 0 Å². The van der Waals surface area contributed by atoms with Crippen molar-refractivity contribution in [1.29, 1.82) is 0 Å². The number of piperidine rings is 1. The maximum atomic E-state index is 12.9. The van der Waals surface area contributed by atoms with Crippen molar-refractivity contribution in [2.45, 2.75) is 71.1 Å². The molecule has 0 amide bonds. The highest BCUT2D eigenvalue weighted by atomic mass is 19.4. The van der Waals surface area contributed by atoms with Crippen molar-refractivity contribution in [2.75, 3.05) is 52.4 Å². The molecule has 0 saturated carbocycles. The third-order valence-corrected chi connectivity index (χ3v) is 6.03. The van der Waals surface area contributed by atoms with Crippen LogP contribution in [0.1, 0.15) is 52.9 Å². The molecule has 0 aromatic rings. The Kier molecular flexibility index (Phi) is 9.34. The zero-order valence-corrected chi connectivity index (χ0v) is 17.8. The van der Waals surface area contributed by atoms with E-state index in [1.165, 1.54) is 37.6 Å². The van der Waals surface area contributed by atoms with Crippen LogP contribution in [0.5, 0.6) is 0 Å². The second-order valence-electron chi connectivity index (χ2n) is 8.06. The number of nitrogens with zero attached hydrogens (tertiary/aromatic N) is 4. The summed E-state index contributed by atoms with van der Waals surface area (Å²) >= 11 is 0. The number of likely N-dealkylation sites (tertiary alicyclic amines) is 1. The average Bonchev–Trinajstić information content (AvgIpc) is 2.67. The van der Waals surface area contributed by atoms with Gasteiger partial charge in [-0.05, 0) is 59.5 Å². The first-order valence-corrected chi connectivity index (χ1v) is 10.9. The van der Waals surface area contributed by atoms with Crippen molar-refractivity contribution in [3.8, 4) is 0 Å². The molecule has 2 fully saturated rings. The Morgan fingerprint density at radius 3 is 2.43 bits per heavy atom. The largest absolute Gasteiger partial charge is 0.403 e. The SMILES string of the molecule is CCNC(=NCCCCN1CCCCC1C)N1CCN(C(C)C(F)(F)F)CC1. The molecule has 2 unspecified atom stereocenters. The van der Waals surface area contributed by atoms with Gasteiger partial charge in [-0.3, -0.25) is 9.89 Å². The fourth-order valence-electron chi connectivity index (χ4n) is 4.06. The average molecular weight is 406 g/mol. The van der Waals surface area contributed by atoms with Crippen molar-refractivity contribution < 1.29 is 13.2 Å². The van der Waals surface area contributed by atoms with Gasteiger partial charge in [0.15, 0.2) is 5.96 Å². The van der Waals surface area contributed by atoms with Gasteiger partial charge in [0.2, 0.25) is 0 Å². The molecule has 0 aliphatic carbocycles. The van der Waals surface area contributed by atoms with E-state index in [0.29, 0.717) is 32.2 Å². The number of rotatable bonds is 7. The van der Waals surface area contributed by atoms with Gasteiger partial charge in [-0.25, -0.2) is 0 Å². The molecule has 8 heteroatoms. The molecule has 2 rings (SSSR count). The molecular weight excluding hydrogens is 367 g/mol. The number of nitrogens with one attached hydrogen (secondary N) is 1. The highest BCUT2D eigenvalue weighted by molar-refractivity contribution is 5.80. The maximum Gasteiger partial charge on any atom is 0.403 e. The minimum Gasteiger partial charge on any atom is -0.357 e. The Hall–Kier alpha value is -1.02. The van der Waals surface area contributed by atoms with Crippen LogP contribution in [-0.2, 0) is 0 Å². The number of hydrogen-bond donors (Lipinski definition) is 1. The molecule has 0 aromatic carbocycles. The van der Waals surface area contributed by atoms with E-state index in [9.17, 15) is 13.2 Å². The standard InChI is InChI=1S/C20H38F3N5/c1-4-24-19(25-10-6-8-12-26-11-7-5-9-17(26)2)28-15-13-27(14-16-28)18(3)20(21,22)23/h17-18H,4-16H2,1-3H3,(H,24,25). The van der Waals surface area contributed by atoms with E-state index in [1.807, 2.05) is 6.92 Å². The molecular formula is C20H38F3N5. The third kappa shape index (κ3) is 7.10. The van der Waals surface area contributed by atoms with Crippen molar-refractivity contribution in [2.24, 2.45) is 4.99 Å². The molecule has 164 valence electrons. The summed E-state index contributed by atoms with van der Waals surface area (Å²) in [5.74, 6) is 0.841. The Morgan fingerprint density at radius 2 is 1.82 bits per heavy atom. The zero-order valence-electron chi connectivity index (χ0n) is 17.8. The molecule has 0 radical (unpaired) electrons. The lowest BCUT2D eigenvalue weighted by atomic mass is 10.0. The lowest BCUT2D eigenvalue weighted by molar-refractivity contribution is -0.181. The fraction of sp³-hybridized carbons (Fsp3) is 0.950. The lowest BCUT2D eigenvalue weighted by Gasteiger charge is -2.39. The van der Waals surface area contributed by atoms with E-state index in [0.717, 1.165) is 38.4 Å². The molecule has 1 N–H and O–H groups in total. The number of unbranched alkanes of at least 4 members (excludes halogenated alkanes) is 1. The Balaban J connectivity index is 1.74. The van der Waals surface area contributed by atoms with Crippen LogP contribution < -0.4 is 5.32 Å². The molecule has 0 bridgehead atoms. The number of alkyl halides is 3. The maximum absolute atomic E-state index is 12.9. The van der Waals surface area contributed by atoms with E-state index in [4.69, 9.17) is 4.99 Å². The smallest absolute Gasteiger partial charge is 0.357 e. The van der Waals surface area contributed by atoms with Crippen molar-refractivity contribution in [3.05, 3.63) is 0 Å². The molecule has 0 aromatic heterocycles. The van der Waals surface area contributed by atoms with E-state index < -0.39 is 12.2 Å². The quantitative estimate of drug-likeness (QED) is 0.401. The predicted octanol–water partition coefficient (Wildman–Crippen LogP) is 3.17. The van der Waals surface area contributed by atoms with Crippen LogP contribution in [0.2, 0.25) is 0 Å². The second kappa shape index (κ2) is 11.2. The molecule has 0 spiro atoms. The van der Waals surface area contributed by atoms with Crippen LogP contribution in [-0.4, -0.2) is 91.3 Å². The number of halogens is 3. The van der Waals surface area contributed by atoms with Crippen molar-refractivity contribution in [3.63, 3.8) is 0 Å². The number of guanidine groups is 1. The summed E-state index contributed by atoms with van der Waals surface area (Å²) in [5.41, 5.74) is 0. The van der Waals surface area contributed by atoms with Gasteiger partial charge < -0.3 is 15.1 Å². The van der Waals surface area contributed by atoms with Gasteiger partial charge in [0.25, 0.3) is 0 Å². The molecule has 2 atom stereocenters. The van der Waals surface area contributed by atoms with Gasteiger partial charge in [0.1, 0.15) is 6.04 Å². The monoisotopic (exact) mass is 405 g/mol. The van der Waals surface area contributed by atoms with E-state index in [1.54, 1.807) is 0 Å². The summed E-state index contributed by atoms with van der Waals surface area (Å²) in [6.45, 7) is 11.5. The van der Waals surface area contributed by atoms with Gasteiger partial charge in [-0.1, -0.05) is 6.42 Å². The predicted molar refractivity (Wildman–Crippen MR) is 109 cm³/mol. The van der Waals surface area contributed by atoms with Crippen LogP contribution in [0, 0.1) is 0 Å². The second-order valence-corrected chi connectivity index (χ2v) is 8.06. The van der Waals surface area contributed by atoms with Crippen LogP contribution in [0.4, 0.5) is 13.2 Å². The van der Waals surface area contributed by atoms with Crippen molar-refractivity contribution >= 4 is 5.96 Å². The van der Waals surface area contributed by atoms with Gasteiger partial charge in [0.05, 0.1) is 0 Å². The first-order chi connectivity index (χ1) is 13.3. The molecule has 2 heterocycles. The summed E-state index contributed by atoms with van der Waals surface area (Å²) < 4.78 is 38.7. The zero-order chi connectivity index (χ0) is 20.6. The minimum atomic E-state index is -4.16. The molecule has 2 saturated heterocycles. The fourth-order valence-corrected chi connectivity index (χ4v) is 4.06. The molecule has 2 aliphatic heterocycles. The Morgan fingerprint density at radius 1 is 1.11 bits per heavy atom. The normalized spacial score (nSPS) is 24.4. The lowest BCUT2D eigenvalue weighted by Crippen LogP contribution is -2.56. The summed E-state index contributed by atoms with van der Waals surface area (Å²) in [4.78, 5) is 10.9. The summed E-state index contributed by atoms with van der Waals surface area (Å²) in [6.07, 6.45) is 2.00. The summed E-state index contributed by atoms with van der Waals surface area (Å²) in [5, 5.41) is 3.30. The highest BCUT2D eigenvalue weighted by Crippen LogP contribution is 2.25. The topological polar surface area (TPSA) is 34.1 Å². The number of aliphatic imine (C=N–C) groups is 1. The van der Waals surface area contributed by atoms with E-state index in [2.05, 4.69) is 22.0 Å². The minimum absolute atomic E-state index is 0.415. The van der Waals surface area contributed by atoms with Gasteiger partial charge in [-0.15, -0.1) is 0 Å². The van der Waals surface area contributed by atoms with Gasteiger partial charge in [-0.2, -0.15) is 13.2 Å². The van der Waals surface area contributed by atoms with Gasteiger partial charge in [0, 0.05) is 45.3 Å². The first kappa shape index (κ1) is 23.3. The number of hydrogen-bond acceptors (Lipinski definition) is 3. The van der Waals surface area contributed by atoms with Crippen LogP contribution in [0.15, 0.2) is 4.99 Å². The van der Waals surface area contributed by atoms with Crippen LogP contribution in [0.25, 0.3) is 0 Å². The van der Waals surface area contributed by atoms with Gasteiger partial charge >= 0.3 is 6.18 Å². The van der Waals surface area contributed by atoms with Crippen LogP contribution >= 0.6 is 0 Å².